The van der Waals surface area contributed by atoms with Gasteiger partial charge < -0.3 is 5.73 Å². The molecule has 54 valence electrons. The smallest absolute Gasteiger partial charge is 0.123 e. The number of nitrogens with zero attached hydrogens (tertiary/aromatic N) is 1. The third-order valence-corrected chi connectivity index (χ3v) is 2.31. The van der Waals surface area contributed by atoms with Gasteiger partial charge in [0, 0.05) is 5.38 Å². The summed E-state index contributed by atoms with van der Waals surface area (Å²) >= 11 is 6.34. The fourth-order valence-corrected chi connectivity index (χ4v) is 1.51. The molecular weight excluding hydrogens is 164 g/mol. The van der Waals surface area contributed by atoms with Crippen LogP contribution in [0.5, 0.6) is 0 Å². The van der Waals surface area contributed by atoms with Gasteiger partial charge in [0.05, 0.1) is 5.01 Å². The van der Waals surface area contributed by atoms with Crippen molar-refractivity contribution < 1.29 is 0 Å². The van der Waals surface area contributed by atoms with Crippen LogP contribution in [0.2, 0.25) is 0 Å². The Kier molecular flexibility index (Phi) is 2.34. The van der Waals surface area contributed by atoms with Crippen LogP contribution in [0.15, 0.2) is 5.38 Å². The fraction of sp³-hybridized carbons (Fsp3) is 0.333. The number of thiocarbonyl (C=S) groups is 1. The first-order valence-corrected chi connectivity index (χ1v) is 4.27. The van der Waals surface area contributed by atoms with Crippen LogP contribution >= 0.6 is 23.6 Å². The molecule has 1 aromatic heterocycles. The molecule has 0 aliphatic rings. The average Bonchev–Trinajstić information content (AvgIpc) is 2.34. The third-order valence-electron chi connectivity index (χ3n) is 1.11. The quantitative estimate of drug-likeness (QED) is 0.684. The lowest BCUT2D eigenvalue weighted by Gasteiger charge is -1.86. The van der Waals surface area contributed by atoms with Crippen LogP contribution in [0.25, 0.3) is 0 Å². The lowest BCUT2D eigenvalue weighted by Crippen LogP contribution is -2.09. The summed E-state index contributed by atoms with van der Waals surface area (Å²) in [6.45, 7) is 2.06. The minimum atomic E-state index is 0.385. The first-order chi connectivity index (χ1) is 4.74. The number of nitrogens with two attached hydrogens (primary N) is 1. The third kappa shape index (κ3) is 1.52. The lowest BCUT2D eigenvalue weighted by atomic mass is 10.5. The number of rotatable bonds is 2. The van der Waals surface area contributed by atoms with Gasteiger partial charge in [-0.05, 0) is 6.42 Å². The van der Waals surface area contributed by atoms with Gasteiger partial charge in [-0.15, -0.1) is 11.3 Å². The summed E-state index contributed by atoms with van der Waals surface area (Å²) in [6, 6.07) is 0. The van der Waals surface area contributed by atoms with Crippen molar-refractivity contribution >= 4 is 28.5 Å². The molecular formula is C6H8N2S2. The van der Waals surface area contributed by atoms with E-state index in [4.69, 9.17) is 18.0 Å². The van der Waals surface area contributed by atoms with Crippen molar-refractivity contribution in [1.82, 2.24) is 4.98 Å². The van der Waals surface area contributed by atoms with E-state index in [1.165, 1.54) is 0 Å². The summed E-state index contributed by atoms with van der Waals surface area (Å²) in [5.74, 6) is 0. The van der Waals surface area contributed by atoms with E-state index < -0.39 is 0 Å². The van der Waals surface area contributed by atoms with E-state index in [2.05, 4.69) is 11.9 Å². The molecule has 0 fully saturated rings. The largest absolute Gasteiger partial charge is 0.388 e. The van der Waals surface area contributed by atoms with Gasteiger partial charge in [-0.2, -0.15) is 0 Å². The van der Waals surface area contributed by atoms with E-state index in [1.807, 2.05) is 5.38 Å². The highest BCUT2D eigenvalue weighted by Crippen LogP contribution is 2.09. The number of aromatic nitrogens is 1. The molecule has 0 aromatic carbocycles. The first kappa shape index (κ1) is 7.63. The normalized spacial score (nSPS) is 9.70. The highest BCUT2D eigenvalue weighted by Gasteiger charge is 2.00. The van der Waals surface area contributed by atoms with Crippen molar-refractivity contribution in [2.75, 3.05) is 0 Å². The number of hydrogen-bond acceptors (Lipinski definition) is 3. The molecule has 1 aromatic rings. The summed E-state index contributed by atoms with van der Waals surface area (Å²) in [4.78, 5) is 4.57. The zero-order valence-electron chi connectivity index (χ0n) is 5.63. The highest BCUT2D eigenvalue weighted by molar-refractivity contribution is 7.80. The maximum Gasteiger partial charge on any atom is 0.123 e. The van der Waals surface area contributed by atoms with Crippen LogP contribution < -0.4 is 5.73 Å². The van der Waals surface area contributed by atoms with Gasteiger partial charge in [0.2, 0.25) is 0 Å². The van der Waals surface area contributed by atoms with E-state index in [1.54, 1.807) is 11.3 Å². The molecule has 0 aliphatic heterocycles. The van der Waals surface area contributed by atoms with E-state index in [0.29, 0.717) is 4.99 Å². The monoisotopic (exact) mass is 172 g/mol. The van der Waals surface area contributed by atoms with Gasteiger partial charge in [-0.3, -0.25) is 0 Å². The molecule has 0 unspecified atom stereocenters. The molecule has 0 atom stereocenters. The van der Waals surface area contributed by atoms with Crippen LogP contribution in [0.3, 0.4) is 0 Å². The van der Waals surface area contributed by atoms with Crippen molar-refractivity contribution in [2.24, 2.45) is 5.73 Å². The number of aryl methyl sites for hydroxylation is 1. The Bertz CT molecular complexity index is 242. The molecule has 0 aliphatic carbocycles. The summed E-state index contributed by atoms with van der Waals surface area (Å²) in [7, 11) is 0. The number of hydrogen-bond donors (Lipinski definition) is 1. The second kappa shape index (κ2) is 3.07. The summed E-state index contributed by atoms with van der Waals surface area (Å²) < 4.78 is 0. The van der Waals surface area contributed by atoms with Gasteiger partial charge >= 0.3 is 0 Å². The Hall–Kier alpha value is -0.480. The van der Waals surface area contributed by atoms with Crippen LogP contribution in [0.1, 0.15) is 17.6 Å². The van der Waals surface area contributed by atoms with Gasteiger partial charge in [-0.1, -0.05) is 19.1 Å². The zero-order valence-corrected chi connectivity index (χ0v) is 7.26. The van der Waals surface area contributed by atoms with Crippen molar-refractivity contribution in [3.63, 3.8) is 0 Å². The van der Waals surface area contributed by atoms with Gasteiger partial charge in [0.15, 0.2) is 0 Å². The molecule has 1 heterocycles. The molecule has 2 nitrogen and oxygen atoms in total. The Morgan fingerprint density at radius 1 is 1.90 bits per heavy atom. The van der Waals surface area contributed by atoms with Crippen molar-refractivity contribution in [1.29, 1.82) is 0 Å². The molecule has 0 radical (unpaired) electrons. The molecule has 4 heteroatoms. The average molecular weight is 172 g/mol. The number of thiazole rings is 1. The molecule has 1 rings (SSSR count). The minimum absolute atomic E-state index is 0.385. The summed E-state index contributed by atoms with van der Waals surface area (Å²) in [5, 5.41) is 2.98. The highest BCUT2D eigenvalue weighted by atomic mass is 32.1. The molecule has 10 heavy (non-hydrogen) atoms. The predicted molar refractivity (Wildman–Crippen MR) is 47.4 cm³/mol. The van der Waals surface area contributed by atoms with E-state index >= 15 is 0 Å². The molecule has 0 saturated heterocycles. The molecule has 0 spiro atoms. The first-order valence-electron chi connectivity index (χ1n) is 2.98. The standard InChI is InChI=1S/C6H8N2S2/c1-2-5-8-4(3-10-5)6(7)9/h3H,2H2,1H3,(H2,7,9). The fourth-order valence-electron chi connectivity index (χ4n) is 0.586. The van der Waals surface area contributed by atoms with Gasteiger partial charge in [0.1, 0.15) is 10.7 Å². The van der Waals surface area contributed by atoms with E-state index in [0.717, 1.165) is 17.1 Å². The Balaban J connectivity index is 2.88. The predicted octanol–water partition coefficient (Wildman–Crippen LogP) is 1.34. The zero-order chi connectivity index (χ0) is 7.56. The second-order valence-corrected chi connectivity index (χ2v) is 3.23. The second-order valence-electron chi connectivity index (χ2n) is 1.84. The van der Waals surface area contributed by atoms with Crippen molar-refractivity contribution in [3.05, 3.63) is 16.1 Å². The van der Waals surface area contributed by atoms with Crippen LogP contribution in [0, 0.1) is 0 Å². The maximum atomic E-state index is 5.36. The molecule has 2 N–H and O–H groups in total. The Morgan fingerprint density at radius 2 is 2.60 bits per heavy atom. The van der Waals surface area contributed by atoms with Crippen LogP contribution in [-0.2, 0) is 6.42 Å². The molecule has 0 bridgehead atoms. The van der Waals surface area contributed by atoms with Gasteiger partial charge in [0.25, 0.3) is 0 Å². The van der Waals surface area contributed by atoms with Crippen molar-refractivity contribution in [3.8, 4) is 0 Å². The molecule has 0 amide bonds. The Labute approximate surface area is 69.1 Å². The van der Waals surface area contributed by atoms with Crippen LogP contribution in [0.4, 0.5) is 0 Å². The van der Waals surface area contributed by atoms with Crippen LogP contribution in [-0.4, -0.2) is 9.97 Å². The maximum absolute atomic E-state index is 5.36. The van der Waals surface area contributed by atoms with E-state index in [9.17, 15) is 0 Å². The SMILES string of the molecule is CCc1nc(C(N)=S)cs1. The molecule has 0 saturated carbocycles. The summed E-state index contributed by atoms with van der Waals surface area (Å²) in [5.41, 5.74) is 6.10. The minimum Gasteiger partial charge on any atom is -0.388 e. The van der Waals surface area contributed by atoms with Gasteiger partial charge in [-0.25, -0.2) is 4.98 Å². The van der Waals surface area contributed by atoms with E-state index in [-0.39, 0.29) is 0 Å². The summed E-state index contributed by atoms with van der Waals surface area (Å²) in [6.07, 6.45) is 0.952. The van der Waals surface area contributed by atoms with Crippen molar-refractivity contribution in [2.45, 2.75) is 13.3 Å². The Morgan fingerprint density at radius 3 is 2.90 bits per heavy atom. The lowest BCUT2D eigenvalue weighted by molar-refractivity contribution is 1.09. The topological polar surface area (TPSA) is 38.9 Å².